The van der Waals surface area contributed by atoms with E-state index in [1.54, 1.807) is 7.11 Å². The van der Waals surface area contributed by atoms with Crippen LogP contribution >= 0.6 is 0 Å². The van der Waals surface area contributed by atoms with Gasteiger partial charge in [-0.25, -0.2) is 4.68 Å². The first kappa shape index (κ1) is 25.0. The zero-order chi connectivity index (χ0) is 26.6. The third kappa shape index (κ3) is 5.45. The molecule has 0 saturated carbocycles. The van der Waals surface area contributed by atoms with Crippen LogP contribution in [-0.4, -0.2) is 68.3 Å². The van der Waals surface area contributed by atoms with E-state index < -0.39 is 6.04 Å². The molecule has 1 unspecified atom stereocenters. The molecule has 2 aromatic heterocycles. The number of tetrazole rings is 1. The van der Waals surface area contributed by atoms with Gasteiger partial charge in [-0.05, 0) is 45.8 Å². The number of piperazine rings is 1. The number of aromatic amines is 1. The maximum Gasteiger partial charge on any atom is 0.253 e. The van der Waals surface area contributed by atoms with Gasteiger partial charge in [0.05, 0.1) is 13.7 Å². The number of pyridine rings is 1. The molecule has 0 aliphatic carbocycles. The molecular weight excluding hydrogens is 490 g/mol. The normalized spacial score (nSPS) is 15.4. The first-order chi connectivity index (χ1) is 19.2. The first-order valence-electron chi connectivity index (χ1n) is 13.2. The van der Waals surface area contributed by atoms with E-state index in [4.69, 9.17) is 4.74 Å². The summed E-state index contributed by atoms with van der Waals surface area (Å²) in [5, 5.41) is 13.7. The molecule has 9 nitrogen and oxygen atoms in total. The number of nitrogens with zero attached hydrogens (tertiary/aromatic N) is 6. The highest BCUT2D eigenvalue weighted by Gasteiger charge is 2.32. The Labute approximate surface area is 226 Å². The maximum atomic E-state index is 13.5. The van der Waals surface area contributed by atoms with E-state index in [-0.39, 0.29) is 5.56 Å². The van der Waals surface area contributed by atoms with Crippen molar-refractivity contribution in [1.29, 1.82) is 0 Å². The van der Waals surface area contributed by atoms with Gasteiger partial charge in [0.25, 0.3) is 5.56 Å². The topological polar surface area (TPSA) is 92.2 Å². The van der Waals surface area contributed by atoms with Crippen LogP contribution in [0.15, 0.2) is 89.7 Å². The van der Waals surface area contributed by atoms with Crippen LogP contribution in [-0.2, 0) is 13.1 Å². The van der Waals surface area contributed by atoms with Crippen molar-refractivity contribution in [2.24, 2.45) is 0 Å². The van der Waals surface area contributed by atoms with E-state index in [9.17, 15) is 4.79 Å². The minimum atomic E-state index is -0.401. The molecule has 0 amide bonds. The second-order valence-electron chi connectivity index (χ2n) is 9.89. The van der Waals surface area contributed by atoms with Crippen LogP contribution in [0.4, 0.5) is 0 Å². The summed E-state index contributed by atoms with van der Waals surface area (Å²) in [6.45, 7) is 4.75. The summed E-state index contributed by atoms with van der Waals surface area (Å²) in [5.74, 6) is 1.39. The molecule has 198 valence electrons. The standard InChI is InChI=1S/C30H31N7O2/c1-39-25-12-13-27-24(18-25)19-26(30(38)31-27)28(29-32-33-34-37(29)21-23-10-6-3-7-11-23)36-16-14-35(15-17-36)20-22-8-4-2-5-9-22/h2-13,18-19,28H,14-17,20-21H2,1H3,(H,31,38). The number of ether oxygens (including phenoxy) is 1. The van der Waals surface area contributed by atoms with E-state index in [1.807, 2.05) is 53.2 Å². The second kappa shape index (κ2) is 11.2. The predicted molar refractivity (Wildman–Crippen MR) is 150 cm³/mol. The molecule has 3 heterocycles. The number of hydrogen-bond acceptors (Lipinski definition) is 7. The van der Waals surface area contributed by atoms with Crippen LogP contribution in [0.25, 0.3) is 10.9 Å². The van der Waals surface area contributed by atoms with Crippen molar-refractivity contribution in [3.8, 4) is 5.75 Å². The number of hydrogen-bond donors (Lipinski definition) is 1. The molecule has 1 atom stereocenters. The zero-order valence-electron chi connectivity index (χ0n) is 21.9. The Hall–Kier alpha value is -4.34. The van der Waals surface area contributed by atoms with E-state index >= 15 is 0 Å². The highest BCUT2D eigenvalue weighted by Crippen LogP contribution is 2.29. The molecule has 9 heteroatoms. The summed E-state index contributed by atoms with van der Waals surface area (Å²) in [7, 11) is 1.64. The van der Waals surface area contributed by atoms with Gasteiger partial charge in [0.15, 0.2) is 5.82 Å². The highest BCUT2D eigenvalue weighted by molar-refractivity contribution is 5.80. The monoisotopic (exact) mass is 521 g/mol. The largest absolute Gasteiger partial charge is 0.497 e. The molecular formula is C30H31N7O2. The smallest absolute Gasteiger partial charge is 0.253 e. The number of nitrogens with one attached hydrogen (secondary N) is 1. The van der Waals surface area contributed by atoms with Crippen LogP contribution in [0.2, 0.25) is 0 Å². The molecule has 6 rings (SSSR count). The molecule has 1 N–H and O–H groups in total. The molecule has 0 bridgehead atoms. The molecule has 39 heavy (non-hydrogen) atoms. The molecule has 1 fully saturated rings. The molecule has 0 radical (unpaired) electrons. The Morgan fingerprint density at radius 2 is 1.56 bits per heavy atom. The van der Waals surface area contributed by atoms with Crippen LogP contribution in [0.3, 0.4) is 0 Å². The van der Waals surface area contributed by atoms with E-state index in [1.165, 1.54) is 5.56 Å². The van der Waals surface area contributed by atoms with Crippen LogP contribution < -0.4 is 10.3 Å². The Bertz CT molecular complexity index is 1590. The molecule has 0 spiro atoms. The van der Waals surface area contributed by atoms with Gasteiger partial charge in [-0.3, -0.25) is 14.6 Å². The van der Waals surface area contributed by atoms with Crippen molar-refractivity contribution < 1.29 is 4.74 Å². The summed E-state index contributed by atoms with van der Waals surface area (Å²) in [5.41, 5.74) is 3.64. The lowest BCUT2D eigenvalue weighted by molar-refractivity contribution is 0.0998. The minimum Gasteiger partial charge on any atom is -0.497 e. The number of H-pyrrole nitrogens is 1. The number of benzene rings is 3. The predicted octanol–water partition coefficient (Wildman–Crippen LogP) is 3.48. The van der Waals surface area contributed by atoms with Crippen molar-refractivity contribution in [2.75, 3.05) is 33.3 Å². The number of fused-ring (bicyclic) bond motifs is 1. The van der Waals surface area contributed by atoms with Crippen LogP contribution in [0.5, 0.6) is 5.75 Å². The summed E-state index contributed by atoms with van der Waals surface area (Å²) >= 11 is 0. The lowest BCUT2D eigenvalue weighted by Gasteiger charge is -2.38. The van der Waals surface area contributed by atoms with Crippen molar-refractivity contribution in [3.05, 3.63) is 118 Å². The summed E-state index contributed by atoms with van der Waals surface area (Å²) in [6.07, 6.45) is 0. The van der Waals surface area contributed by atoms with Gasteiger partial charge in [0.1, 0.15) is 11.8 Å². The van der Waals surface area contributed by atoms with Crippen molar-refractivity contribution in [2.45, 2.75) is 19.1 Å². The minimum absolute atomic E-state index is 0.140. The molecule has 1 aliphatic heterocycles. The SMILES string of the molecule is COc1ccc2[nH]c(=O)c(C(c3nnnn3Cc3ccccc3)N3CCN(Cc4ccccc4)CC3)cc2c1. The quantitative estimate of drug-likeness (QED) is 0.334. The fraction of sp³-hybridized carbons (Fsp3) is 0.267. The van der Waals surface area contributed by atoms with Crippen molar-refractivity contribution in [1.82, 2.24) is 35.0 Å². The molecule has 1 aliphatic rings. The van der Waals surface area contributed by atoms with Crippen LogP contribution in [0.1, 0.15) is 28.6 Å². The van der Waals surface area contributed by atoms with Gasteiger partial charge in [-0.1, -0.05) is 60.7 Å². The third-order valence-corrected chi connectivity index (χ3v) is 7.38. The number of rotatable bonds is 8. The lowest BCUT2D eigenvalue weighted by atomic mass is 10.0. The number of aromatic nitrogens is 5. The molecule has 1 saturated heterocycles. The Kier molecular flexibility index (Phi) is 7.16. The molecule has 3 aromatic carbocycles. The second-order valence-corrected chi connectivity index (χ2v) is 9.89. The van der Waals surface area contributed by atoms with Gasteiger partial charge in [-0.15, -0.1) is 5.10 Å². The third-order valence-electron chi connectivity index (χ3n) is 7.38. The zero-order valence-corrected chi connectivity index (χ0v) is 21.9. The summed E-state index contributed by atoms with van der Waals surface area (Å²) in [4.78, 5) is 21.4. The Balaban J connectivity index is 1.36. The van der Waals surface area contributed by atoms with Crippen LogP contribution in [0, 0.1) is 0 Å². The average molecular weight is 522 g/mol. The van der Waals surface area contributed by atoms with Crippen molar-refractivity contribution >= 4 is 10.9 Å². The van der Waals surface area contributed by atoms with E-state index in [2.05, 4.69) is 66.7 Å². The molecule has 5 aromatic rings. The van der Waals surface area contributed by atoms with Crippen molar-refractivity contribution in [3.63, 3.8) is 0 Å². The van der Waals surface area contributed by atoms with Gasteiger partial charge in [0, 0.05) is 49.2 Å². The van der Waals surface area contributed by atoms with Gasteiger partial charge < -0.3 is 9.72 Å². The van der Waals surface area contributed by atoms with Gasteiger partial charge in [0.2, 0.25) is 0 Å². The fourth-order valence-corrected chi connectivity index (χ4v) is 5.33. The van der Waals surface area contributed by atoms with Gasteiger partial charge >= 0.3 is 0 Å². The van der Waals surface area contributed by atoms with E-state index in [0.29, 0.717) is 17.9 Å². The highest BCUT2D eigenvalue weighted by atomic mass is 16.5. The summed E-state index contributed by atoms with van der Waals surface area (Å²) < 4.78 is 7.25. The Morgan fingerprint density at radius 3 is 2.26 bits per heavy atom. The lowest BCUT2D eigenvalue weighted by Crippen LogP contribution is -2.48. The summed E-state index contributed by atoms with van der Waals surface area (Å²) in [6, 6.07) is 27.9. The van der Waals surface area contributed by atoms with E-state index in [0.717, 1.165) is 54.9 Å². The number of methoxy groups -OCH3 is 1. The average Bonchev–Trinajstić information content (AvgIpc) is 3.42. The Morgan fingerprint density at radius 1 is 0.872 bits per heavy atom. The fourth-order valence-electron chi connectivity index (χ4n) is 5.33. The first-order valence-corrected chi connectivity index (χ1v) is 13.2. The van der Waals surface area contributed by atoms with Gasteiger partial charge in [-0.2, -0.15) is 0 Å². The maximum absolute atomic E-state index is 13.5.